The third-order valence-electron chi connectivity index (χ3n) is 7.61. The summed E-state index contributed by atoms with van der Waals surface area (Å²) in [4.78, 5) is 22.3. The predicted octanol–water partition coefficient (Wildman–Crippen LogP) is 5.49. The highest BCUT2D eigenvalue weighted by Crippen LogP contribution is 2.38. The summed E-state index contributed by atoms with van der Waals surface area (Å²) in [7, 11) is 0. The van der Waals surface area contributed by atoms with Gasteiger partial charge in [-0.25, -0.2) is 27.9 Å². The Kier molecular flexibility index (Phi) is 7.50. The Bertz CT molecular complexity index is 1700. The normalized spacial score (nSPS) is 17.1. The monoisotopic (exact) mass is 606 g/mol. The largest absolute Gasteiger partial charge is 0.478 e. The second kappa shape index (κ2) is 11.2. The fourth-order valence-corrected chi connectivity index (χ4v) is 5.26. The molecule has 0 bridgehead atoms. The average molecular weight is 607 g/mol. The molecule has 0 radical (unpaired) electrons. The number of pyridine rings is 1. The van der Waals surface area contributed by atoms with E-state index in [2.05, 4.69) is 4.98 Å². The summed E-state index contributed by atoms with van der Waals surface area (Å²) in [6.45, 7) is 0.970. The quantitative estimate of drug-likeness (QED) is 0.266. The second-order valence-corrected chi connectivity index (χ2v) is 10.5. The third-order valence-corrected chi connectivity index (χ3v) is 7.61. The highest BCUT2D eigenvalue weighted by atomic mass is 19.4. The zero-order valence-corrected chi connectivity index (χ0v) is 22.4. The summed E-state index contributed by atoms with van der Waals surface area (Å²) in [5, 5.41) is 9.47. The van der Waals surface area contributed by atoms with Gasteiger partial charge in [-0.2, -0.15) is 13.2 Å². The number of imidazole rings is 1. The van der Waals surface area contributed by atoms with E-state index in [0.29, 0.717) is 59.9 Å². The molecule has 2 aromatic carbocycles. The molecule has 6 rings (SSSR count). The van der Waals surface area contributed by atoms with Gasteiger partial charge in [-0.1, -0.05) is 0 Å². The number of hydrogen-bond acceptors (Lipinski definition) is 6. The van der Waals surface area contributed by atoms with Gasteiger partial charge in [0.2, 0.25) is 5.88 Å². The molecule has 1 saturated heterocycles. The number of ether oxygens (including phenoxy) is 2. The number of hydrogen-bond donors (Lipinski definition) is 1. The molecule has 0 saturated carbocycles. The van der Waals surface area contributed by atoms with Crippen molar-refractivity contribution >= 4 is 17.0 Å². The van der Waals surface area contributed by atoms with Crippen LogP contribution in [-0.2, 0) is 43.6 Å². The number of carboxylic acid groups (broad SMARTS) is 1. The number of rotatable bonds is 8. The summed E-state index contributed by atoms with van der Waals surface area (Å²) in [6, 6.07) is 6.41. The van der Waals surface area contributed by atoms with Crippen LogP contribution in [0.4, 0.5) is 26.3 Å². The van der Waals surface area contributed by atoms with E-state index in [0.717, 1.165) is 12.5 Å². The Morgan fingerprint density at radius 1 is 1.09 bits per heavy atom. The second-order valence-electron chi connectivity index (χ2n) is 10.5. The molecule has 4 aromatic rings. The Morgan fingerprint density at radius 3 is 2.49 bits per heavy atom. The summed E-state index contributed by atoms with van der Waals surface area (Å²) >= 11 is 0. The number of nitrogens with zero attached hydrogens (tertiary/aromatic N) is 4. The van der Waals surface area contributed by atoms with Crippen molar-refractivity contribution in [1.82, 2.24) is 19.4 Å². The van der Waals surface area contributed by atoms with Crippen LogP contribution in [-0.4, -0.2) is 49.8 Å². The first-order chi connectivity index (χ1) is 20.5. The van der Waals surface area contributed by atoms with E-state index in [1.807, 2.05) is 9.47 Å². The van der Waals surface area contributed by atoms with Crippen molar-refractivity contribution in [1.29, 1.82) is 0 Å². The molecule has 2 aliphatic heterocycles. The van der Waals surface area contributed by atoms with Crippen LogP contribution < -0.4 is 4.74 Å². The topological polar surface area (TPSA) is 89.7 Å². The lowest BCUT2D eigenvalue weighted by molar-refractivity contribution is -0.139. The molecule has 0 aliphatic carbocycles. The molecule has 0 unspecified atom stereocenters. The van der Waals surface area contributed by atoms with Gasteiger partial charge in [0.25, 0.3) is 0 Å². The average Bonchev–Trinajstić information content (AvgIpc) is 3.24. The third kappa shape index (κ3) is 5.89. The fourth-order valence-electron chi connectivity index (χ4n) is 5.26. The first-order valence-electron chi connectivity index (χ1n) is 13.4. The van der Waals surface area contributed by atoms with E-state index < -0.39 is 53.2 Å². The highest BCUT2D eigenvalue weighted by Gasteiger charge is 2.37. The van der Waals surface area contributed by atoms with Crippen molar-refractivity contribution in [2.24, 2.45) is 0 Å². The van der Waals surface area contributed by atoms with Crippen LogP contribution in [0.2, 0.25) is 0 Å². The van der Waals surface area contributed by atoms with Crippen LogP contribution in [0.25, 0.3) is 11.0 Å². The molecule has 8 nitrogen and oxygen atoms in total. The predicted molar refractivity (Wildman–Crippen MR) is 139 cm³/mol. The number of alkyl halides is 3. The van der Waals surface area contributed by atoms with E-state index in [-0.39, 0.29) is 31.2 Å². The molecule has 4 heterocycles. The van der Waals surface area contributed by atoms with E-state index >= 15 is 0 Å². The van der Waals surface area contributed by atoms with Crippen molar-refractivity contribution < 1.29 is 45.7 Å². The summed E-state index contributed by atoms with van der Waals surface area (Å²) < 4.78 is 95.8. The minimum absolute atomic E-state index is 0.0512. The van der Waals surface area contributed by atoms with Gasteiger partial charge in [0.05, 0.1) is 47.0 Å². The molecule has 43 heavy (non-hydrogen) atoms. The number of halogens is 6. The molecule has 0 amide bonds. The fraction of sp³-hybridized carbons (Fsp3) is 0.345. The van der Waals surface area contributed by atoms with Crippen LogP contribution in [0.1, 0.15) is 45.0 Å². The lowest BCUT2D eigenvalue weighted by atomic mass is 10.0. The van der Waals surface area contributed by atoms with Gasteiger partial charge in [0, 0.05) is 31.8 Å². The maximum absolute atomic E-state index is 14.1. The lowest BCUT2D eigenvalue weighted by Crippen LogP contribution is -2.34. The molecule has 2 aliphatic rings. The minimum atomic E-state index is -4.85. The lowest BCUT2D eigenvalue weighted by Gasteiger charge is -2.30. The van der Waals surface area contributed by atoms with Gasteiger partial charge in [0.15, 0.2) is 0 Å². The van der Waals surface area contributed by atoms with E-state index in [9.17, 15) is 36.2 Å². The van der Waals surface area contributed by atoms with E-state index in [1.165, 1.54) is 6.07 Å². The first kappa shape index (κ1) is 28.9. The van der Waals surface area contributed by atoms with Gasteiger partial charge in [-0.15, -0.1) is 0 Å². The van der Waals surface area contributed by atoms with Gasteiger partial charge in [-0.3, -0.25) is 4.90 Å². The molecule has 1 atom stereocenters. The van der Waals surface area contributed by atoms with Crippen molar-refractivity contribution in [3.63, 3.8) is 0 Å². The van der Waals surface area contributed by atoms with Crippen LogP contribution in [0, 0.1) is 17.5 Å². The van der Waals surface area contributed by atoms with Crippen molar-refractivity contribution in [3.8, 4) is 5.88 Å². The van der Waals surface area contributed by atoms with Crippen molar-refractivity contribution in [3.05, 3.63) is 87.6 Å². The summed E-state index contributed by atoms with van der Waals surface area (Å²) in [5.41, 5.74) is 0.0896. The minimum Gasteiger partial charge on any atom is -0.478 e. The Balaban J connectivity index is 1.28. The van der Waals surface area contributed by atoms with E-state index in [4.69, 9.17) is 14.5 Å². The molecule has 2 aromatic heterocycles. The van der Waals surface area contributed by atoms with Gasteiger partial charge < -0.3 is 19.1 Å². The van der Waals surface area contributed by atoms with Gasteiger partial charge in [-0.05, 0) is 42.7 Å². The van der Waals surface area contributed by atoms with Crippen LogP contribution >= 0.6 is 0 Å². The number of benzene rings is 2. The molecule has 1 N–H and O–H groups in total. The Hall–Kier alpha value is -4.17. The SMILES string of the molecule is O=C(O)c1ccc2nc(CN3CCc4cc(C(F)(F)F)c(OCc5c(F)cc(F)cc5F)nc4C3)n(C[C@@H]3CCO3)c2c1. The molecule has 0 spiro atoms. The zero-order valence-electron chi connectivity index (χ0n) is 22.4. The van der Waals surface area contributed by atoms with Crippen LogP contribution in [0.15, 0.2) is 36.4 Å². The smallest absolute Gasteiger partial charge is 0.421 e. The number of carbonyl (C=O) groups is 1. The number of fused-ring (bicyclic) bond motifs is 2. The maximum atomic E-state index is 14.1. The molecular weight excluding hydrogens is 582 g/mol. The van der Waals surface area contributed by atoms with Gasteiger partial charge in [0.1, 0.15) is 35.4 Å². The van der Waals surface area contributed by atoms with E-state index in [1.54, 1.807) is 12.1 Å². The van der Waals surface area contributed by atoms with Crippen LogP contribution in [0.3, 0.4) is 0 Å². The molecular formula is C29H24F6N4O4. The Labute approximate surface area is 240 Å². The van der Waals surface area contributed by atoms with Gasteiger partial charge >= 0.3 is 12.1 Å². The first-order valence-corrected chi connectivity index (χ1v) is 13.4. The summed E-state index contributed by atoms with van der Waals surface area (Å²) in [6.07, 6.45) is -3.82. The number of aromatic carboxylic acids is 1. The number of carboxylic acids is 1. The van der Waals surface area contributed by atoms with Crippen molar-refractivity contribution in [2.75, 3.05) is 13.2 Å². The Morgan fingerprint density at radius 2 is 1.84 bits per heavy atom. The molecule has 226 valence electrons. The molecule has 14 heteroatoms. The maximum Gasteiger partial charge on any atom is 0.421 e. The highest BCUT2D eigenvalue weighted by molar-refractivity contribution is 5.92. The molecule has 1 fully saturated rings. The number of aromatic nitrogens is 3. The van der Waals surface area contributed by atoms with Crippen molar-refractivity contribution in [2.45, 2.75) is 51.4 Å². The zero-order chi connectivity index (χ0) is 30.5. The van der Waals surface area contributed by atoms with Crippen LogP contribution in [0.5, 0.6) is 5.88 Å². The summed E-state index contributed by atoms with van der Waals surface area (Å²) in [5.74, 6) is -5.04. The standard InChI is InChI=1S/C29H24F6N4O4/c30-17-9-21(31)19(22(32)10-17)14-43-27-20(29(33,34)35)7-15-3-5-38(12-24(15)37-27)13-26-36-23-2-1-16(28(40)41)8-25(23)39(26)11-18-4-6-42-18/h1-2,7-10,18H,3-6,11-14H2,(H,40,41)/t18-/m0/s1.